The monoisotopic (exact) mass is 544 g/mol. The quantitative estimate of drug-likeness (QED) is 0.399. The molecular formula is C27H30ClFN4O5. The summed E-state index contributed by atoms with van der Waals surface area (Å²) in [5.41, 5.74) is 2.20. The Morgan fingerprint density at radius 2 is 1.92 bits per heavy atom. The lowest BCUT2D eigenvalue weighted by Gasteiger charge is -2.18. The Kier molecular flexibility index (Phi) is 10.1. The summed E-state index contributed by atoms with van der Waals surface area (Å²) in [4.78, 5) is 39.8. The normalized spacial score (nSPS) is 13.5. The fourth-order valence-corrected chi connectivity index (χ4v) is 3.51. The summed E-state index contributed by atoms with van der Waals surface area (Å²) >= 11 is 6.02. The maximum atomic E-state index is 13.2. The van der Waals surface area contributed by atoms with Crippen molar-refractivity contribution in [2.45, 2.75) is 33.4 Å². The number of ether oxygens (including phenoxy) is 2. The van der Waals surface area contributed by atoms with Gasteiger partial charge in [-0.1, -0.05) is 23.7 Å². The van der Waals surface area contributed by atoms with Gasteiger partial charge in [0.05, 0.1) is 24.0 Å². The summed E-state index contributed by atoms with van der Waals surface area (Å²) in [7, 11) is 0. The van der Waals surface area contributed by atoms with Crippen LogP contribution in [0.1, 0.15) is 26.3 Å². The van der Waals surface area contributed by atoms with Crippen molar-refractivity contribution in [1.29, 1.82) is 0 Å². The van der Waals surface area contributed by atoms with Crippen molar-refractivity contribution in [2.75, 3.05) is 25.0 Å². The number of amides is 3. The highest BCUT2D eigenvalue weighted by Gasteiger charge is 2.27. The third-order valence-electron chi connectivity index (χ3n) is 5.13. The lowest BCUT2D eigenvalue weighted by Crippen LogP contribution is -2.31. The molecule has 202 valence electrons. The Bertz CT molecular complexity index is 1220. The number of alkyl carbamates (subject to hydrolysis) is 1. The number of nitrogens with one attached hydrogen (secondary N) is 2. The predicted octanol–water partition coefficient (Wildman–Crippen LogP) is 4.65. The van der Waals surface area contributed by atoms with Crippen molar-refractivity contribution in [3.8, 4) is 5.75 Å². The van der Waals surface area contributed by atoms with Crippen LogP contribution >= 0.6 is 11.6 Å². The summed E-state index contributed by atoms with van der Waals surface area (Å²) in [5, 5.41) is 5.52. The molecule has 1 aliphatic rings. The van der Waals surface area contributed by atoms with E-state index in [-0.39, 0.29) is 36.9 Å². The fourth-order valence-electron chi connectivity index (χ4n) is 3.34. The van der Waals surface area contributed by atoms with Crippen molar-refractivity contribution in [1.82, 2.24) is 15.1 Å². The second kappa shape index (κ2) is 13.5. The average Bonchev–Trinajstić information content (AvgIpc) is 3.58. The molecule has 0 saturated carbocycles. The molecule has 0 aromatic heterocycles. The van der Waals surface area contributed by atoms with Crippen LogP contribution in [0.3, 0.4) is 0 Å². The molecule has 1 saturated heterocycles. The Hall–Kier alpha value is -4.05. The minimum absolute atomic E-state index is 0.150. The molecule has 0 atom stereocenters. The van der Waals surface area contributed by atoms with Crippen molar-refractivity contribution < 1.29 is 28.2 Å². The van der Waals surface area contributed by atoms with Gasteiger partial charge in [0.15, 0.2) is 6.61 Å². The lowest BCUT2D eigenvalue weighted by atomic mass is 10.2. The molecule has 2 aromatic carbocycles. The number of carbonyl (C=O) groups excluding carboxylic acids is 3. The third-order valence-corrected chi connectivity index (χ3v) is 5.37. The second-order valence-electron chi connectivity index (χ2n) is 8.76. The first-order valence-corrected chi connectivity index (χ1v) is 12.3. The van der Waals surface area contributed by atoms with Crippen LogP contribution in [0, 0.1) is 5.82 Å². The molecule has 1 fully saturated rings. The predicted molar refractivity (Wildman–Crippen MR) is 142 cm³/mol. The highest BCUT2D eigenvalue weighted by molar-refractivity contribution is 6.31. The molecule has 0 radical (unpaired) electrons. The number of anilines is 1. The standard InChI is InChI=1S/C27H30ClFN4O5/c1-18(2)38-27(36)30-11-4-12-32(15-23-16-33(23)14-20-5-8-22(29)9-6-20)26(35)17-37-25-10-7-21(28)13-24(25)31-19(3)34/h4-11,13,15,18H,12,14,16-17H2,1-3H3,(H,30,36)(H,31,34)/b11-4+,23-15+. The molecule has 0 aliphatic carbocycles. The number of nitrogens with zero attached hydrogens (tertiary/aromatic N) is 2. The maximum Gasteiger partial charge on any atom is 0.411 e. The summed E-state index contributed by atoms with van der Waals surface area (Å²) < 4.78 is 23.9. The van der Waals surface area contributed by atoms with Crippen LogP contribution in [0.2, 0.25) is 5.02 Å². The van der Waals surface area contributed by atoms with E-state index in [1.807, 2.05) is 4.90 Å². The van der Waals surface area contributed by atoms with E-state index in [2.05, 4.69) is 10.6 Å². The van der Waals surface area contributed by atoms with Gasteiger partial charge in [-0.3, -0.25) is 14.9 Å². The smallest absolute Gasteiger partial charge is 0.411 e. The summed E-state index contributed by atoms with van der Waals surface area (Å²) in [6, 6.07) is 10.9. The minimum atomic E-state index is -0.600. The molecule has 3 rings (SSSR count). The zero-order valence-corrected chi connectivity index (χ0v) is 22.1. The lowest BCUT2D eigenvalue weighted by molar-refractivity contribution is -0.130. The van der Waals surface area contributed by atoms with Gasteiger partial charge in [0.25, 0.3) is 5.91 Å². The first-order valence-electron chi connectivity index (χ1n) is 11.9. The highest BCUT2D eigenvalue weighted by atomic mass is 35.5. The molecule has 1 heterocycles. The summed E-state index contributed by atoms with van der Waals surface area (Å²) in [6.07, 6.45) is 3.86. The van der Waals surface area contributed by atoms with Gasteiger partial charge in [-0.05, 0) is 55.8 Å². The van der Waals surface area contributed by atoms with Gasteiger partial charge >= 0.3 is 6.09 Å². The molecular weight excluding hydrogens is 515 g/mol. The van der Waals surface area contributed by atoms with Gasteiger partial charge < -0.3 is 24.6 Å². The number of hydrogen-bond donors (Lipinski definition) is 2. The number of halogens is 2. The first kappa shape index (κ1) is 28.5. The Balaban J connectivity index is 1.67. The van der Waals surface area contributed by atoms with Gasteiger partial charge in [0.1, 0.15) is 11.6 Å². The molecule has 0 spiro atoms. The van der Waals surface area contributed by atoms with E-state index < -0.39 is 6.09 Å². The Morgan fingerprint density at radius 1 is 1.18 bits per heavy atom. The van der Waals surface area contributed by atoms with E-state index in [1.165, 1.54) is 36.2 Å². The topological polar surface area (TPSA) is 100.0 Å². The van der Waals surface area contributed by atoms with Gasteiger partial charge in [-0.25, -0.2) is 9.18 Å². The van der Waals surface area contributed by atoms with E-state index in [1.54, 1.807) is 50.4 Å². The van der Waals surface area contributed by atoms with Crippen LogP contribution in [0.4, 0.5) is 14.9 Å². The number of benzene rings is 2. The van der Waals surface area contributed by atoms with Crippen LogP contribution < -0.4 is 15.4 Å². The van der Waals surface area contributed by atoms with Crippen LogP contribution in [-0.2, 0) is 20.9 Å². The van der Waals surface area contributed by atoms with Crippen LogP contribution in [0.15, 0.2) is 66.6 Å². The minimum Gasteiger partial charge on any atom is -0.482 e. The molecule has 38 heavy (non-hydrogen) atoms. The van der Waals surface area contributed by atoms with Gasteiger partial charge in [-0.2, -0.15) is 0 Å². The van der Waals surface area contributed by atoms with Crippen LogP contribution in [-0.4, -0.2) is 53.5 Å². The summed E-state index contributed by atoms with van der Waals surface area (Å²) in [5.74, 6) is -0.668. The Labute approximate surface area is 225 Å². The molecule has 2 N–H and O–H groups in total. The number of rotatable bonds is 11. The van der Waals surface area contributed by atoms with E-state index >= 15 is 0 Å². The molecule has 2 aromatic rings. The average molecular weight is 545 g/mol. The van der Waals surface area contributed by atoms with Gasteiger partial charge in [-0.15, -0.1) is 0 Å². The van der Waals surface area contributed by atoms with E-state index in [4.69, 9.17) is 21.1 Å². The largest absolute Gasteiger partial charge is 0.482 e. The van der Waals surface area contributed by atoms with Gasteiger partial charge in [0.2, 0.25) is 5.91 Å². The van der Waals surface area contributed by atoms with E-state index in [9.17, 15) is 18.8 Å². The van der Waals surface area contributed by atoms with Crippen molar-refractivity contribution in [3.05, 3.63) is 83.0 Å². The highest BCUT2D eigenvalue weighted by Crippen LogP contribution is 2.29. The van der Waals surface area contributed by atoms with Crippen LogP contribution in [0.5, 0.6) is 5.75 Å². The fraction of sp³-hybridized carbons (Fsp3) is 0.296. The van der Waals surface area contributed by atoms with Gasteiger partial charge in [0, 0.05) is 37.4 Å². The maximum absolute atomic E-state index is 13.2. The molecule has 11 heteroatoms. The number of carbonyl (C=O) groups is 3. The number of hydrogen-bond acceptors (Lipinski definition) is 6. The Morgan fingerprint density at radius 3 is 2.61 bits per heavy atom. The van der Waals surface area contributed by atoms with Crippen molar-refractivity contribution >= 4 is 35.2 Å². The second-order valence-corrected chi connectivity index (χ2v) is 9.20. The van der Waals surface area contributed by atoms with E-state index in [0.29, 0.717) is 29.5 Å². The zero-order valence-electron chi connectivity index (χ0n) is 21.4. The molecule has 0 bridgehead atoms. The zero-order chi connectivity index (χ0) is 27.7. The molecule has 0 unspecified atom stereocenters. The first-order chi connectivity index (χ1) is 18.1. The SMILES string of the molecule is CC(=O)Nc1cc(Cl)ccc1OCC(=O)N(/C=C1\CN1Cc1ccc(F)cc1)C/C=C/NC(=O)OC(C)C. The summed E-state index contributed by atoms with van der Waals surface area (Å²) in [6.45, 7) is 5.89. The van der Waals surface area contributed by atoms with E-state index in [0.717, 1.165) is 11.3 Å². The van der Waals surface area contributed by atoms with Crippen molar-refractivity contribution in [3.63, 3.8) is 0 Å². The third kappa shape index (κ3) is 9.44. The molecule has 9 nitrogen and oxygen atoms in total. The van der Waals surface area contributed by atoms with Crippen LogP contribution in [0.25, 0.3) is 0 Å². The van der Waals surface area contributed by atoms with Crippen molar-refractivity contribution in [2.24, 2.45) is 0 Å². The molecule has 1 aliphatic heterocycles. The molecule has 3 amide bonds.